The molecule has 0 aromatic rings. The van der Waals surface area contributed by atoms with Gasteiger partial charge in [-0.15, -0.1) is 0 Å². The highest BCUT2D eigenvalue weighted by molar-refractivity contribution is 5.04. The Hall–Kier alpha value is -0.120. The van der Waals surface area contributed by atoms with Gasteiger partial charge in [-0.3, -0.25) is 5.32 Å². The highest BCUT2D eigenvalue weighted by atomic mass is 16.5. The third kappa shape index (κ3) is 1.52. The second-order valence-electron chi connectivity index (χ2n) is 6.95. The lowest BCUT2D eigenvalue weighted by Gasteiger charge is -2.54. The molecule has 3 heterocycles. The third-order valence-corrected chi connectivity index (χ3v) is 5.97. The van der Waals surface area contributed by atoms with Crippen molar-refractivity contribution < 1.29 is 4.74 Å². The number of rotatable bonds is 0. The molecule has 2 atom stereocenters. The fourth-order valence-electron chi connectivity index (χ4n) is 4.43. The highest BCUT2D eigenvalue weighted by Gasteiger charge is 2.52. The lowest BCUT2D eigenvalue weighted by molar-refractivity contribution is -0.192. The zero-order chi connectivity index (χ0) is 11.5. The van der Waals surface area contributed by atoms with Gasteiger partial charge in [-0.2, -0.15) is 0 Å². The topological polar surface area (TPSA) is 24.5 Å². The van der Waals surface area contributed by atoms with Gasteiger partial charge in [-0.05, 0) is 32.7 Å². The van der Waals surface area contributed by atoms with Gasteiger partial charge in [-0.25, -0.2) is 0 Å². The molecule has 2 unspecified atom stereocenters. The van der Waals surface area contributed by atoms with Crippen LogP contribution in [0, 0.1) is 5.41 Å². The van der Waals surface area contributed by atoms with Crippen molar-refractivity contribution in [3.63, 3.8) is 0 Å². The number of nitrogens with zero attached hydrogens (tertiary/aromatic N) is 1. The van der Waals surface area contributed by atoms with E-state index in [0.717, 1.165) is 18.7 Å². The van der Waals surface area contributed by atoms with Crippen LogP contribution in [0.3, 0.4) is 0 Å². The van der Waals surface area contributed by atoms with Crippen molar-refractivity contribution in [1.82, 2.24) is 10.2 Å². The van der Waals surface area contributed by atoms with Crippen LogP contribution in [0.1, 0.15) is 44.9 Å². The van der Waals surface area contributed by atoms with Gasteiger partial charge < -0.3 is 9.64 Å². The molecule has 3 nitrogen and oxygen atoms in total. The van der Waals surface area contributed by atoms with Crippen LogP contribution in [-0.2, 0) is 4.74 Å². The molecule has 2 bridgehead atoms. The monoisotopic (exact) mass is 236 g/mol. The number of ether oxygens (including phenoxy) is 1. The van der Waals surface area contributed by atoms with E-state index >= 15 is 0 Å². The largest absolute Gasteiger partial charge is 0.360 e. The molecule has 1 saturated carbocycles. The molecule has 0 aromatic carbocycles. The Morgan fingerprint density at radius 3 is 2.35 bits per heavy atom. The van der Waals surface area contributed by atoms with Crippen LogP contribution >= 0.6 is 0 Å². The summed E-state index contributed by atoms with van der Waals surface area (Å²) in [5.74, 6) is 0. The molecule has 4 fully saturated rings. The van der Waals surface area contributed by atoms with Crippen molar-refractivity contribution in [2.45, 2.75) is 62.8 Å². The second kappa shape index (κ2) is 3.46. The minimum absolute atomic E-state index is 0.0409. The molecule has 3 heteroatoms. The maximum absolute atomic E-state index is 6.36. The first-order valence-corrected chi connectivity index (χ1v) is 7.31. The quantitative estimate of drug-likeness (QED) is 0.693. The Kier molecular flexibility index (Phi) is 2.19. The van der Waals surface area contributed by atoms with Gasteiger partial charge in [0.15, 0.2) is 0 Å². The summed E-state index contributed by atoms with van der Waals surface area (Å²) in [6.07, 6.45) is 9.32. The summed E-state index contributed by atoms with van der Waals surface area (Å²) in [6, 6.07) is 1.52. The van der Waals surface area contributed by atoms with Gasteiger partial charge in [0.05, 0.1) is 6.61 Å². The number of hydrogen-bond acceptors (Lipinski definition) is 3. The van der Waals surface area contributed by atoms with E-state index in [4.69, 9.17) is 4.74 Å². The molecule has 0 amide bonds. The summed E-state index contributed by atoms with van der Waals surface area (Å²) in [4.78, 5) is 2.59. The summed E-state index contributed by atoms with van der Waals surface area (Å²) in [5, 5.41) is 3.80. The summed E-state index contributed by atoms with van der Waals surface area (Å²) < 4.78 is 6.36. The van der Waals surface area contributed by atoms with Crippen LogP contribution in [0.25, 0.3) is 0 Å². The van der Waals surface area contributed by atoms with Crippen LogP contribution in [0.5, 0.6) is 0 Å². The van der Waals surface area contributed by atoms with Crippen LogP contribution in [-0.4, -0.2) is 42.9 Å². The Bertz CT molecular complexity index is 300. The van der Waals surface area contributed by atoms with Crippen LogP contribution in [0.4, 0.5) is 0 Å². The van der Waals surface area contributed by atoms with Crippen molar-refractivity contribution in [2.75, 3.05) is 20.2 Å². The predicted molar refractivity (Wildman–Crippen MR) is 66.8 cm³/mol. The summed E-state index contributed by atoms with van der Waals surface area (Å²) in [5.41, 5.74) is 0.562. The number of piperidine rings is 1. The zero-order valence-electron chi connectivity index (χ0n) is 10.9. The molecule has 1 N–H and O–H groups in total. The molecule has 4 aliphatic rings. The summed E-state index contributed by atoms with van der Waals surface area (Å²) in [7, 11) is 2.30. The van der Waals surface area contributed by atoms with Gasteiger partial charge in [0, 0.05) is 36.9 Å². The molecule has 3 aliphatic heterocycles. The first-order valence-electron chi connectivity index (χ1n) is 7.31. The van der Waals surface area contributed by atoms with E-state index in [0.29, 0.717) is 5.41 Å². The molecule has 17 heavy (non-hydrogen) atoms. The van der Waals surface area contributed by atoms with Crippen molar-refractivity contribution in [2.24, 2.45) is 5.41 Å². The SMILES string of the molecule is CN1C2CCC1CC1(C2)NCC2(CCC2)CO1. The van der Waals surface area contributed by atoms with Crippen LogP contribution in [0.2, 0.25) is 0 Å². The van der Waals surface area contributed by atoms with E-state index in [1.807, 2.05) is 0 Å². The van der Waals surface area contributed by atoms with Gasteiger partial charge in [0.1, 0.15) is 5.72 Å². The fourth-order valence-corrected chi connectivity index (χ4v) is 4.43. The van der Waals surface area contributed by atoms with Gasteiger partial charge in [-0.1, -0.05) is 6.42 Å². The molecule has 4 rings (SSSR count). The molecule has 2 spiro atoms. The number of nitrogens with one attached hydrogen (secondary N) is 1. The van der Waals surface area contributed by atoms with E-state index in [2.05, 4.69) is 17.3 Å². The standard InChI is InChI=1S/C14H24N2O/c1-16-11-3-4-12(16)8-14(7-11)15-9-13(10-17-14)5-2-6-13/h11-12,15H,2-10H2,1H3. The van der Waals surface area contributed by atoms with Gasteiger partial charge in [0.2, 0.25) is 0 Å². The second-order valence-corrected chi connectivity index (χ2v) is 6.95. The summed E-state index contributed by atoms with van der Waals surface area (Å²) >= 11 is 0. The Labute approximate surface area is 104 Å². The first kappa shape index (κ1) is 10.8. The lowest BCUT2D eigenvalue weighted by Crippen LogP contribution is -2.65. The third-order valence-electron chi connectivity index (χ3n) is 5.97. The highest BCUT2D eigenvalue weighted by Crippen LogP contribution is 2.48. The molecular weight excluding hydrogens is 212 g/mol. The average molecular weight is 236 g/mol. The molecule has 3 saturated heterocycles. The molecule has 1 aliphatic carbocycles. The van der Waals surface area contributed by atoms with E-state index in [1.54, 1.807) is 0 Å². The van der Waals surface area contributed by atoms with E-state index in [9.17, 15) is 0 Å². The Balaban J connectivity index is 1.48. The lowest BCUT2D eigenvalue weighted by atomic mass is 9.68. The molecule has 0 aromatic heterocycles. The molecule has 96 valence electrons. The van der Waals surface area contributed by atoms with Gasteiger partial charge >= 0.3 is 0 Å². The molecule has 0 radical (unpaired) electrons. The first-order chi connectivity index (χ1) is 8.21. The maximum Gasteiger partial charge on any atom is 0.122 e. The number of hydrogen-bond donors (Lipinski definition) is 1. The fraction of sp³-hybridized carbons (Fsp3) is 1.00. The van der Waals surface area contributed by atoms with Crippen molar-refractivity contribution in [3.05, 3.63) is 0 Å². The minimum atomic E-state index is 0.0409. The van der Waals surface area contributed by atoms with Crippen LogP contribution < -0.4 is 5.32 Å². The van der Waals surface area contributed by atoms with Crippen LogP contribution in [0.15, 0.2) is 0 Å². The van der Waals surface area contributed by atoms with Crippen molar-refractivity contribution in [3.8, 4) is 0 Å². The predicted octanol–water partition coefficient (Wildman–Crippen LogP) is 1.73. The normalized spacial score (nSPS) is 48.5. The van der Waals surface area contributed by atoms with E-state index in [-0.39, 0.29) is 5.72 Å². The average Bonchev–Trinajstić information content (AvgIpc) is 2.52. The maximum atomic E-state index is 6.36. The van der Waals surface area contributed by atoms with E-state index in [1.165, 1.54) is 51.5 Å². The van der Waals surface area contributed by atoms with Gasteiger partial charge in [0.25, 0.3) is 0 Å². The Morgan fingerprint density at radius 2 is 1.88 bits per heavy atom. The number of fused-ring (bicyclic) bond motifs is 2. The van der Waals surface area contributed by atoms with E-state index < -0.39 is 0 Å². The Morgan fingerprint density at radius 1 is 1.18 bits per heavy atom. The van der Waals surface area contributed by atoms with Crippen molar-refractivity contribution in [1.29, 1.82) is 0 Å². The minimum Gasteiger partial charge on any atom is -0.360 e. The summed E-state index contributed by atoms with van der Waals surface area (Å²) in [6.45, 7) is 2.22. The molecular formula is C14H24N2O. The zero-order valence-corrected chi connectivity index (χ0v) is 10.9. The smallest absolute Gasteiger partial charge is 0.122 e. The van der Waals surface area contributed by atoms with Crippen molar-refractivity contribution >= 4 is 0 Å².